The van der Waals surface area contributed by atoms with Gasteiger partial charge in [-0.25, -0.2) is 4.79 Å². The number of hydrogen-bond acceptors (Lipinski definition) is 2. The molecule has 0 radical (unpaired) electrons. The van der Waals surface area contributed by atoms with Crippen LogP contribution >= 0.6 is 0 Å². The molecular weight excluding hydrogens is 264 g/mol. The highest BCUT2D eigenvalue weighted by atomic mass is 16.5. The highest BCUT2D eigenvalue weighted by Crippen LogP contribution is 2.23. The van der Waals surface area contributed by atoms with E-state index in [2.05, 4.69) is 12.1 Å². The fourth-order valence-corrected chi connectivity index (χ4v) is 1.94. The molecule has 3 heteroatoms. The molecule has 0 bridgehead atoms. The smallest absolute Gasteiger partial charge is 0.330 e. The fraction of sp³-hybridized carbons (Fsp3) is 0.167. The summed E-state index contributed by atoms with van der Waals surface area (Å²) in [4.78, 5) is 10.7. The zero-order valence-electron chi connectivity index (χ0n) is 12.0. The summed E-state index contributed by atoms with van der Waals surface area (Å²) < 4.78 is 5.66. The molecule has 0 unspecified atom stereocenters. The Hall–Kier alpha value is -2.55. The summed E-state index contributed by atoms with van der Waals surface area (Å²) >= 11 is 0. The van der Waals surface area contributed by atoms with E-state index < -0.39 is 5.97 Å². The van der Waals surface area contributed by atoms with E-state index in [0.29, 0.717) is 18.6 Å². The van der Waals surface area contributed by atoms with Crippen molar-refractivity contribution in [3.05, 3.63) is 66.2 Å². The number of carboxylic acids is 1. The van der Waals surface area contributed by atoms with Gasteiger partial charge in [0.25, 0.3) is 0 Å². The largest absolute Gasteiger partial charge is 0.493 e. The molecule has 0 amide bonds. The molecule has 3 nitrogen and oxygen atoms in total. The number of carbonyl (C=O) groups is 1. The lowest BCUT2D eigenvalue weighted by molar-refractivity contribution is -0.132. The van der Waals surface area contributed by atoms with Crippen LogP contribution in [0.2, 0.25) is 0 Å². The summed E-state index contributed by atoms with van der Waals surface area (Å²) in [6.07, 6.45) is 2.25. The van der Waals surface area contributed by atoms with Crippen LogP contribution in [0.1, 0.15) is 13.3 Å². The molecule has 0 saturated carbocycles. The van der Waals surface area contributed by atoms with E-state index in [1.165, 1.54) is 0 Å². The lowest BCUT2D eigenvalue weighted by Gasteiger charge is -2.07. The lowest BCUT2D eigenvalue weighted by atomic mass is 10.1. The van der Waals surface area contributed by atoms with Gasteiger partial charge in [-0.15, -0.1) is 0 Å². The number of ether oxygens (including phenoxy) is 1. The van der Waals surface area contributed by atoms with Gasteiger partial charge < -0.3 is 9.84 Å². The Kier molecular flexibility index (Phi) is 5.16. The van der Waals surface area contributed by atoms with Crippen LogP contribution < -0.4 is 4.74 Å². The molecule has 1 N–H and O–H groups in total. The highest BCUT2D eigenvalue weighted by molar-refractivity contribution is 5.85. The summed E-state index contributed by atoms with van der Waals surface area (Å²) in [6, 6.07) is 18.0. The normalized spacial score (nSPS) is 11.2. The van der Waals surface area contributed by atoms with Gasteiger partial charge in [-0.2, -0.15) is 0 Å². The number of carboxylic acid groups (broad SMARTS) is 1. The summed E-state index contributed by atoms with van der Waals surface area (Å²) in [5.74, 6) is -0.0983. The van der Waals surface area contributed by atoms with E-state index in [9.17, 15) is 4.79 Å². The first-order valence-electron chi connectivity index (χ1n) is 6.85. The van der Waals surface area contributed by atoms with E-state index >= 15 is 0 Å². The minimum Gasteiger partial charge on any atom is -0.493 e. The van der Waals surface area contributed by atoms with Gasteiger partial charge in [0.15, 0.2) is 0 Å². The Bertz CT molecular complexity index is 630. The molecular formula is C18H18O3. The molecule has 108 valence electrons. The van der Waals surface area contributed by atoms with Crippen LogP contribution in [0, 0.1) is 0 Å². The van der Waals surface area contributed by atoms with E-state index in [-0.39, 0.29) is 0 Å². The molecule has 21 heavy (non-hydrogen) atoms. The lowest BCUT2D eigenvalue weighted by Crippen LogP contribution is -1.99. The Morgan fingerprint density at radius 2 is 1.81 bits per heavy atom. The quantitative estimate of drug-likeness (QED) is 0.639. The van der Waals surface area contributed by atoms with Gasteiger partial charge in [0.2, 0.25) is 0 Å². The van der Waals surface area contributed by atoms with E-state index in [1.54, 1.807) is 13.0 Å². The first-order chi connectivity index (χ1) is 10.2. The van der Waals surface area contributed by atoms with Crippen molar-refractivity contribution in [1.29, 1.82) is 0 Å². The summed E-state index contributed by atoms with van der Waals surface area (Å²) in [5.41, 5.74) is 2.59. The van der Waals surface area contributed by atoms with Crippen LogP contribution in [0.15, 0.2) is 66.2 Å². The van der Waals surface area contributed by atoms with Crippen molar-refractivity contribution in [2.45, 2.75) is 13.3 Å². The third-order valence-electron chi connectivity index (χ3n) is 3.12. The topological polar surface area (TPSA) is 46.5 Å². The first kappa shape index (κ1) is 14.9. The Balaban J connectivity index is 1.96. The molecule has 0 saturated heterocycles. The van der Waals surface area contributed by atoms with Crippen LogP contribution in [-0.2, 0) is 4.79 Å². The number of rotatable bonds is 6. The molecule has 0 aliphatic carbocycles. The second-order valence-corrected chi connectivity index (χ2v) is 4.72. The molecule has 2 aromatic carbocycles. The molecule has 0 aromatic heterocycles. The fourth-order valence-electron chi connectivity index (χ4n) is 1.94. The maximum atomic E-state index is 10.7. The second-order valence-electron chi connectivity index (χ2n) is 4.72. The minimum atomic E-state index is -0.888. The summed E-state index contributed by atoms with van der Waals surface area (Å²) in [5, 5.41) is 8.75. The van der Waals surface area contributed by atoms with Crippen molar-refractivity contribution in [3.63, 3.8) is 0 Å². The van der Waals surface area contributed by atoms with Crippen molar-refractivity contribution < 1.29 is 14.6 Å². The Morgan fingerprint density at radius 3 is 2.52 bits per heavy atom. The molecule has 0 atom stereocenters. The van der Waals surface area contributed by atoms with E-state index in [1.807, 2.05) is 42.5 Å². The van der Waals surface area contributed by atoms with E-state index in [4.69, 9.17) is 9.84 Å². The number of hydrogen-bond donors (Lipinski definition) is 1. The van der Waals surface area contributed by atoms with Gasteiger partial charge in [-0.3, -0.25) is 0 Å². The van der Waals surface area contributed by atoms with Crippen molar-refractivity contribution >= 4 is 5.97 Å². The maximum absolute atomic E-state index is 10.7. The molecule has 0 aliphatic rings. The highest BCUT2D eigenvalue weighted by Gasteiger charge is 2.00. The van der Waals surface area contributed by atoms with Crippen LogP contribution in [0.5, 0.6) is 5.75 Å². The Labute approximate surface area is 124 Å². The summed E-state index contributed by atoms with van der Waals surface area (Å²) in [7, 11) is 0. The van der Waals surface area contributed by atoms with Crippen molar-refractivity contribution in [3.8, 4) is 16.9 Å². The average Bonchev–Trinajstić information content (AvgIpc) is 2.52. The number of aliphatic carboxylic acids is 1. The van der Waals surface area contributed by atoms with Crippen molar-refractivity contribution in [2.75, 3.05) is 6.61 Å². The second kappa shape index (κ2) is 7.29. The summed E-state index contributed by atoms with van der Waals surface area (Å²) in [6.45, 7) is 2.04. The predicted molar refractivity (Wildman–Crippen MR) is 83.4 cm³/mol. The van der Waals surface area contributed by atoms with Gasteiger partial charge >= 0.3 is 5.97 Å². The van der Waals surface area contributed by atoms with Crippen molar-refractivity contribution in [2.24, 2.45) is 0 Å². The van der Waals surface area contributed by atoms with Gasteiger partial charge in [-0.1, -0.05) is 48.5 Å². The minimum absolute atomic E-state index is 0.344. The monoisotopic (exact) mass is 282 g/mol. The number of benzene rings is 2. The molecule has 2 rings (SSSR count). The van der Waals surface area contributed by atoms with Gasteiger partial charge in [0.1, 0.15) is 5.75 Å². The molecule has 0 aliphatic heterocycles. The molecule has 0 spiro atoms. The molecule has 0 fully saturated rings. The molecule has 2 aromatic rings. The van der Waals surface area contributed by atoms with Crippen LogP contribution in [0.3, 0.4) is 0 Å². The van der Waals surface area contributed by atoms with Gasteiger partial charge in [0, 0.05) is 12.0 Å². The average molecular weight is 282 g/mol. The van der Waals surface area contributed by atoms with Crippen LogP contribution in [-0.4, -0.2) is 17.7 Å². The third kappa shape index (κ3) is 4.49. The standard InChI is InChI=1S/C18H18O3/c1-14(18(19)20)7-6-12-21-17-11-5-10-16(13-17)15-8-3-2-4-9-15/h2-5,7-11,13H,6,12H2,1H3,(H,19,20). The van der Waals surface area contributed by atoms with Gasteiger partial charge in [0.05, 0.1) is 6.61 Å². The predicted octanol–water partition coefficient (Wildman–Crippen LogP) is 4.15. The first-order valence-corrected chi connectivity index (χ1v) is 6.85. The van der Waals surface area contributed by atoms with Crippen LogP contribution in [0.4, 0.5) is 0 Å². The van der Waals surface area contributed by atoms with E-state index in [0.717, 1.165) is 16.9 Å². The molecule has 0 heterocycles. The Morgan fingerprint density at radius 1 is 1.10 bits per heavy atom. The van der Waals surface area contributed by atoms with Gasteiger partial charge in [-0.05, 0) is 30.2 Å². The third-order valence-corrected chi connectivity index (χ3v) is 3.12. The zero-order chi connectivity index (χ0) is 15.1. The maximum Gasteiger partial charge on any atom is 0.330 e. The SMILES string of the molecule is CC(=CCCOc1cccc(-c2ccccc2)c1)C(=O)O. The van der Waals surface area contributed by atoms with Crippen molar-refractivity contribution in [1.82, 2.24) is 0 Å². The zero-order valence-corrected chi connectivity index (χ0v) is 12.0. The van der Waals surface area contributed by atoms with Crippen LogP contribution in [0.25, 0.3) is 11.1 Å².